The summed E-state index contributed by atoms with van der Waals surface area (Å²) in [5, 5.41) is 47.2. The van der Waals surface area contributed by atoms with Gasteiger partial charge in [-0.1, -0.05) is 111 Å². The van der Waals surface area contributed by atoms with E-state index in [1.807, 2.05) is 44.9 Å². The quantitative estimate of drug-likeness (QED) is 0.0238. The highest BCUT2D eigenvalue weighted by molar-refractivity contribution is 7.80. The number of carbonyl (C=O) groups excluding carboxylic acids is 4. The van der Waals surface area contributed by atoms with Gasteiger partial charge in [0.15, 0.2) is 25.3 Å². The molecule has 26 heteroatoms. The minimum absolute atomic E-state index is 0. The van der Waals surface area contributed by atoms with Crippen molar-refractivity contribution < 1.29 is 99.4 Å². The number of nitrogens with zero attached hydrogens (tertiary/aromatic N) is 2. The molecule has 1 aromatic rings. The van der Waals surface area contributed by atoms with Crippen molar-refractivity contribution in [1.82, 2.24) is 9.80 Å². The lowest BCUT2D eigenvalue weighted by Gasteiger charge is -2.49. The molecule has 90 heavy (non-hydrogen) atoms. The number of benzene rings is 1. The largest absolute Gasteiger partial charge is 0.482 e. The lowest BCUT2D eigenvalue weighted by atomic mass is 9.74. The summed E-state index contributed by atoms with van der Waals surface area (Å²) in [5.74, 6) is -5.36. The van der Waals surface area contributed by atoms with Crippen LogP contribution in [-0.4, -0.2) is 213 Å². The molecule has 0 bridgehead atoms. The molecule has 18 unspecified atom stereocenters. The van der Waals surface area contributed by atoms with Crippen molar-refractivity contribution in [1.29, 1.82) is 0 Å². The predicted molar refractivity (Wildman–Crippen MR) is 343 cm³/mol. The first kappa shape index (κ1) is 85.1. The standard InChI is InChI=1S/C40H71NO14.C12H16ClNO3.C12H26O4S.ClH/c1-15-27-40(11,48)33(44)22(5)30(43)20(3)18-38(9,47)35(55-37-32(53-28(42)16-2)26(41(12)13)17-21(4)50-37)23(6)31(24(7)36(46)52-27)54-29-19-39(10,49-14)34(45)25(8)51-29;1-14(2)7-8-16-12(15)9-17-11-5-3-10(13)4-6-11;1-2-3-4-5-6-7-8-9-10-11-12-16-17(13,14)15;/h20-27,29,31-35,37,44-45,47-48H,15-19H2,1-14H3;3-6H,7-9H2,1-2H3;2-12H2,1H3,(H,13,14,15);1H. The normalized spacial score (nSPS) is 32.8. The number of aliphatic hydroxyl groups is 4. The minimum Gasteiger partial charge on any atom is -0.482 e. The van der Waals surface area contributed by atoms with E-state index in [2.05, 4.69) is 11.1 Å². The third-order valence-electron chi connectivity index (χ3n) is 17.1. The predicted octanol–water partition coefficient (Wildman–Crippen LogP) is 8.72. The maximum atomic E-state index is 14.2. The number of hydrogen-bond donors (Lipinski definition) is 5. The Balaban J connectivity index is 0.000000936. The molecule has 0 amide bonds. The Morgan fingerprint density at radius 2 is 1.34 bits per heavy atom. The number of hydrogen-bond acceptors (Lipinski definition) is 22. The number of ketones is 1. The van der Waals surface area contributed by atoms with E-state index < -0.39 is 124 Å². The summed E-state index contributed by atoms with van der Waals surface area (Å²) in [4.78, 5) is 56.1. The van der Waals surface area contributed by atoms with E-state index in [9.17, 15) is 48.0 Å². The Morgan fingerprint density at radius 3 is 1.87 bits per heavy atom. The number of cyclic esters (lactones) is 1. The minimum atomic E-state index is -4.23. The summed E-state index contributed by atoms with van der Waals surface area (Å²) in [6.45, 7) is 21.3. The third-order valence-corrected chi connectivity index (χ3v) is 17.8. The van der Waals surface area contributed by atoms with Crippen LogP contribution in [0.5, 0.6) is 5.75 Å². The second kappa shape index (κ2) is 41.2. The first-order valence-electron chi connectivity index (χ1n) is 31.9. The Morgan fingerprint density at radius 1 is 0.767 bits per heavy atom. The smallest absolute Gasteiger partial charge is 0.397 e. The molecular weight excluding hydrogens is 1240 g/mol. The molecule has 3 aliphatic heterocycles. The maximum Gasteiger partial charge on any atom is 0.397 e. The molecular formula is C64H114Cl2N2O21S. The highest BCUT2D eigenvalue weighted by Crippen LogP contribution is 2.41. The molecule has 3 aliphatic rings. The van der Waals surface area contributed by atoms with Gasteiger partial charge >= 0.3 is 28.3 Å². The number of rotatable bonds is 27. The summed E-state index contributed by atoms with van der Waals surface area (Å²) in [6.07, 6.45) is 2.17. The molecule has 18 atom stereocenters. The first-order chi connectivity index (χ1) is 41.5. The number of aliphatic hydroxyl groups excluding tert-OH is 2. The molecule has 3 saturated heterocycles. The number of halogens is 2. The number of methoxy groups -OCH3 is 1. The van der Waals surface area contributed by atoms with E-state index in [0.29, 0.717) is 36.8 Å². The van der Waals surface area contributed by atoms with Crippen LogP contribution in [0.1, 0.15) is 179 Å². The van der Waals surface area contributed by atoms with Gasteiger partial charge in [0.25, 0.3) is 0 Å². The summed E-state index contributed by atoms with van der Waals surface area (Å²) in [6, 6.07) is 6.49. The lowest BCUT2D eigenvalue weighted by Crippen LogP contribution is -2.61. The molecule has 1 aromatic carbocycles. The Kier molecular flexibility index (Phi) is 38.9. The second-order valence-electron chi connectivity index (χ2n) is 25.5. The van der Waals surface area contributed by atoms with E-state index >= 15 is 0 Å². The Hall–Kier alpha value is -2.89. The van der Waals surface area contributed by atoms with Crippen LogP contribution >= 0.6 is 24.0 Å². The maximum absolute atomic E-state index is 14.2. The van der Waals surface area contributed by atoms with Gasteiger partial charge in [-0.25, -0.2) is 8.98 Å². The summed E-state index contributed by atoms with van der Waals surface area (Å²) >= 11 is 5.72. The summed E-state index contributed by atoms with van der Waals surface area (Å²) in [7, 11) is 4.80. The van der Waals surface area contributed by atoms with E-state index in [1.54, 1.807) is 72.7 Å². The average molecular weight is 1350 g/mol. The fourth-order valence-corrected chi connectivity index (χ4v) is 12.0. The zero-order valence-electron chi connectivity index (χ0n) is 56.8. The number of carbonyl (C=O) groups is 4. The number of ether oxygens (including phenoxy) is 9. The molecule has 0 spiro atoms. The van der Waals surface area contributed by atoms with Crippen LogP contribution in [0.25, 0.3) is 0 Å². The van der Waals surface area contributed by atoms with Crippen LogP contribution in [0, 0.1) is 23.7 Å². The van der Waals surface area contributed by atoms with Gasteiger partial charge in [-0.15, -0.1) is 12.4 Å². The molecule has 0 aliphatic carbocycles. The molecule has 0 aromatic heterocycles. The van der Waals surface area contributed by atoms with Gasteiger partial charge in [0.05, 0.1) is 60.3 Å². The van der Waals surface area contributed by atoms with Gasteiger partial charge in [-0.2, -0.15) is 8.42 Å². The van der Waals surface area contributed by atoms with Gasteiger partial charge < -0.3 is 72.9 Å². The second-order valence-corrected chi connectivity index (χ2v) is 27.0. The zero-order valence-corrected chi connectivity index (χ0v) is 59.2. The SMILES string of the molecule is CCC(=O)OC1C(OC2C(C)C(OC3CC(C)(OC)C(O)C(C)O3)C(C)C(=O)OC(CC)C(C)(O)C(O)C(C)C(=O)C(C)CC2(C)O)OC(C)CC1N(C)C.CCCCCCCCCCCCOS(=O)(=O)O.CN(C)CCOC(=O)COc1ccc(Cl)cc1.Cl. The van der Waals surface area contributed by atoms with Crippen LogP contribution in [0.2, 0.25) is 5.02 Å². The van der Waals surface area contributed by atoms with Crippen molar-refractivity contribution in [2.24, 2.45) is 23.7 Å². The van der Waals surface area contributed by atoms with Gasteiger partial charge in [0, 0.05) is 49.3 Å². The van der Waals surface area contributed by atoms with Crippen LogP contribution in [0.3, 0.4) is 0 Å². The number of Topliss-reactive ketones (excluding diaryl/α,β-unsaturated/α-hetero) is 1. The molecule has 5 N–H and O–H groups in total. The zero-order chi connectivity index (χ0) is 67.6. The Labute approximate surface area is 548 Å². The van der Waals surface area contributed by atoms with Gasteiger partial charge in [-0.05, 0) is 120 Å². The van der Waals surface area contributed by atoms with Crippen molar-refractivity contribution in [3.05, 3.63) is 29.3 Å². The van der Waals surface area contributed by atoms with E-state index in [1.165, 1.54) is 72.8 Å². The molecule has 0 saturated carbocycles. The highest BCUT2D eigenvalue weighted by Gasteiger charge is 2.54. The van der Waals surface area contributed by atoms with Crippen LogP contribution in [-0.2, 0) is 71.7 Å². The van der Waals surface area contributed by atoms with E-state index in [-0.39, 0.29) is 69.4 Å². The monoisotopic (exact) mass is 1350 g/mol. The Bertz CT molecular complexity index is 2340. The average Bonchev–Trinajstić information content (AvgIpc) is 1.13. The van der Waals surface area contributed by atoms with Crippen molar-refractivity contribution in [2.45, 2.75) is 264 Å². The van der Waals surface area contributed by atoms with Gasteiger partial charge in [0.1, 0.15) is 35.9 Å². The molecule has 3 fully saturated rings. The molecule has 3 heterocycles. The van der Waals surface area contributed by atoms with E-state index in [0.717, 1.165) is 12.8 Å². The van der Waals surface area contributed by atoms with Gasteiger partial charge in [0.2, 0.25) is 0 Å². The molecule has 526 valence electrons. The molecule has 0 radical (unpaired) electrons. The fourth-order valence-electron chi connectivity index (χ4n) is 11.6. The van der Waals surface area contributed by atoms with Crippen LogP contribution in [0.4, 0.5) is 0 Å². The number of likely N-dealkylation sites (N-methyl/N-ethyl adjacent to an activating group) is 2. The number of esters is 3. The molecule has 23 nitrogen and oxygen atoms in total. The fraction of sp³-hybridized carbons (Fsp3) is 0.844. The van der Waals surface area contributed by atoms with Crippen molar-refractivity contribution in [3.8, 4) is 5.75 Å². The highest BCUT2D eigenvalue weighted by atomic mass is 35.5. The van der Waals surface area contributed by atoms with Crippen LogP contribution in [0.15, 0.2) is 24.3 Å². The number of unbranched alkanes of at least 4 members (excludes halogenated alkanes) is 9. The molecule has 4 rings (SSSR count). The summed E-state index contributed by atoms with van der Waals surface area (Å²) < 4.78 is 86.8. The topological polar surface area (TPSA) is 302 Å². The van der Waals surface area contributed by atoms with Crippen molar-refractivity contribution in [3.63, 3.8) is 0 Å². The van der Waals surface area contributed by atoms with Crippen molar-refractivity contribution >= 4 is 58.1 Å². The van der Waals surface area contributed by atoms with E-state index in [4.69, 9.17) is 58.8 Å². The lowest BCUT2D eigenvalue weighted by molar-refractivity contribution is -0.319. The van der Waals surface area contributed by atoms with Crippen LogP contribution < -0.4 is 4.74 Å². The first-order valence-corrected chi connectivity index (χ1v) is 33.6. The van der Waals surface area contributed by atoms with Crippen molar-refractivity contribution in [2.75, 3.05) is 61.7 Å². The van der Waals surface area contributed by atoms with Gasteiger partial charge in [-0.3, -0.25) is 18.9 Å². The summed E-state index contributed by atoms with van der Waals surface area (Å²) in [5.41, 5.74) is -4.92. The third kappa shape index (κ3) is 28.6.